The highest BCUT2D eigenvalue weighted by Crippen LogP contribution is 2.26. The molecule has 1 aromatic carbocycles. The van der Waals surface area contributed by atoms with Gasteiger partial charge < -0.3 is 19.7 Å². The molecule has 0 spiro atoms. The van der Waals surface area contributed by atoms with Gasteiger partial charge in [-0.15, -0.1) is 0 Å². The fourth-order valence-corrected chi connectivity index (χ4v) is 3.57. The van der Waals surface area contributed by atoms with Crippen LogP contribution in [-0.2, 0) is 19.6 Å². The highest BCUT2D eigenvalue weighted by Gasteiger charge is 2.23. The van der Waals surface area contributed by atoms with Crippen LogP contribution in [0, 0.1) is 0 Å². The SMILES string of the molecule is CN1CCCC1COc1nc2c(c(OCc3ccccc3)n1)CCNC2. The number of ether oxygens (including phenoxy) is 2. The number of nitrogens with zero attached hydrogens (tertiary/aromatic N) is 3. The summed E-state index contributed by atoms with van der Waals surface area (Å²) in [6.45, 7) is 3.92. The molecule has 1 atom stereocenters. The monoisotopic (exact) mass is 354 g/mol. The Kier molecular flexibility index (Phi) is 5.32. The predicted octanol–water partition coefficient (Wildman–Crippen LogP) is 2.17. The molecule has 1 N–H and O–H groups in total. The standard InChI is InChI=1S/C20H26N4O2/c1-24-11-5-8-16(24)14-26-20-22-18-12-21-10-9-17(18)19(23-20)25-13-15-6-3-2-4-7-15/h2-4,6-7,16,21H,5,8-14H2,1H3. The van der Waals surface area contributed by atoms with E-state index in [0.29, 0.717) is 31.1 Å². The molecule has 0 saturated carbocycles. The molecule has 1 saturated heterocycles. The minimum Gasteiger partial charge on any atom is -0.472 e. The Hall–Kier alpha value is -2.18. The number of benzene rings is 1. The van der Waals surface area contributed by atoms with E-state index < -0.39 is 0 Å². The second-order valence-corrected chi connectivity index (χ2v) is 7.03. The maximum Gasteiger partial charge on any atom is 0.320 e. The third-order valence-electron chi connectivity index (χ3n) is 5.17. The van der Waals surface area contributed by atoms with Crippen molar-refractivity contribution in [2.24, 2.45) is 0 Å². The number of aromatic nitrogens is 2. The number of nitrogens with one attached hydrogen (secondary N) is 1. The largest absolute Gasteiger partial charge is 0.472 e. The Morgan fingerprint density at radius 2 is 2.08 bits per heavy atom. The van der Waals surface area contributed by atoms with Gasteiger partial charge in [-0.25, -0.2) is 0 Å². The molecule has 3 heterocycles. The number of hydrogen-bond donors (Lipinski definition) is 1. The van der Waals surface area contributed by atoms with Crippen LogP contribution in [0.25, 0.3) is 0 Å². The summed E-state index contributed by atoms with van der Waals surface area (Å²) >= 11 is 0. The van der Waals surface area contributed by atoms with Crippen LogP contribution in [0.5, 0.6) is 11.9 Å². The molecule has 0 aliphatic carbocycles. The van der Waals surface area contributed by atoms with Gasteiger partial charge in [-0.1, -0.05) is 30.3 Å². The first kappa shape index (κ1) is 17.2. The molecule has 0 amide bonds. The van der Waals surface area contributed by atoms with Crippen LogP contribution < -0.4 is 14.8 Å². The van der Waals surface area contributed by atoms with Gasteiger partial charge in [0.15, 0.2) is 0 Å². The third kappa shape index (κ3) is 3.97. The number of likely N-dealkylation sites (tertiary alicyclic amines) is 1. The fraction of sp³-hybridized carbons (Fsp3) is 0.500. The fourth-order valence-electron chi connectivity index (χ4n) is 3.57. The zero-order valence-electron chi connectivity index (χ0n) is 15.3. The van der Waals surface area contributed by atoms with Gasteiger partial charge in [0.25, 0.3) is 0 Å². The number of rotatable bonds is 6. The van der Waals surface area contributed by atoms with Crippen molar-refractivity contribution in [2.45, 2.75) is 38.5 Å². The van der Waals surface area contributed by atoms with Crippen molar-refractivity contribution in [1.29, 1.82) is 0 Å². The summed E-state index contributed by atoms with van der Waals surface area (Å²) in [5.41, 5.74) is 3.22. The van der Waals surface area contributed by atoms with E-state index in [-0.39, 0.29) is 0 Å². The molecule has 6 heteroatoms. The van der Waals surface area contributed by atoms with Gasteiger partial charge in [-0.2, -0.15) is 9.97 Å². The van der Waals surface area contributed by atoms with Crippen LogP contribution in [0.2, 0.25) is 0 Å². The van der Waals surface area contributed by atoms with E-state index >= 15 is 0 Å². The lowest BCUT2D eigenvalue weighted by atomic mass is 10.1. The Bertz CT molecular complexity index is 738. The van der Waals surface area contributed by atoms with Crippen LogP contribution in [0.1, 0.15) is 29.7 Å². The average molecular weight is 354 g/mol. The van der Waals surface area contributed by atoms with Gasteiger partial charge in [0.05, 0.1) is 5.69 Å². The van der Waals surface area contributed by atoms with Crippen LogP contribution >= 0.6 is 0 Å². The summed E-state index contributed by atoms with van der Waals surface area (Å²) in [6.07, 6.45) is 3.27. The van der Waals surface area contributed by atoms with Gasteiger partial charge >= 0.3 is 6.01 Å². The molecule has 1 aromatic heterocycles. The van der Waals surface area contributed by atoms with Gasteiger partial charge in [0.2, 0.25) is 5.88 Å². The minimum absolute atomic E-state index is 0.427. The van der Waals surface area contributed by atoms with Crippen molar-refractivity contribution >= 4 is 0 Å². The molecular formula is C20H26N4O2. The van der Waals surface area contributed by atoms with E-state index in [1.165, 1.54) is 12.8 Å². The first-order chi connectivity index (χ1) is 12.8. The highest BCUT2D eigenvalue weighted by molar-refractivity contribution is 5.34. The lowest BCUT2D eigenvalue weighted by Crippen LogP contribution is -2.31. The number of likely N-dealkylation sites (N-methyl/N-ethyl adjacent to an activating group) is 1. The second kappa shape index (κ2) is 8.01. The Balaban J connectivity index is 1.49. The molecule has 4 rings (SSSR count). The van der Waals surface area contributed by atoms with Gasteiger partial charge in [-0.05, 0) is 45.0 Å². The van der Waals surface area contributed by atoms with Crippen molar-refractivity contribution in [3.05, 3.63) is 47.2 Å². The smallest absolute Gasteiger partial charge is 0.320 e. The molecule has 0 bridgehead atoms. The van der Waals surface area contributed by atoms with Gasteiger partial charge in [0.1, 0.15) is 13.2 Å². The number of fused-ring (bicyclic) bond motifs is 1. The van der Waals surface area contributed by atoms with E-state index in [9.17, 15) is 0 Å². The van der Waals surface area contributed by atoms with Crippen molar-refractivity contribution < 1.29 is 9.47 Å². The molecule has 2 aliphatic heterocycles. The van der Waals surface area contributed by atoms with Crippen LogP contribution in [0.3, 0.4) is 0 Å². The molecule has 138 valence electrons. The molecule has 0 radical (unpaired) electrons. The highest BCUT2D eigenvalue weighted by atomic mass is 16.5. The van der Waals surface area contributed by atoms with E-state index in [1.807, 2.05) is 18.2 Å². The van der Waals surface area contributed by atoms with E-state index in [0.717, 1.165) is 42.9 Å². The van der Waals surface area contributed by atoms with E-state index in [2.05, 4.69) is 39.4 Å². The van der Waals surface area contributed by atoms with Gasteiger partial charge in [0, 0.05) is 18.2 Å². The summed E-state index contributed by atoms with van der Waals surface area (Å²) in [4.78, 5) is 11.5. The van der Waals surface area contributed by atoms with Crippen molar-refractivity contribution in [2.75, 3.05) is 26.7 Å². The Labute approximate surface area is 154 Å². The quantitative estimate of drug-likeness (QED) is 0.858. The topological polar surface area (TPSA) is 59.5 Å². The maximum atomic E-state index is 6.05. The molecule has 1 unspecified atom stereocenters. The van der Waals surface area contributed by atoms with E-state index in [1.54, 1.807) is 0 Å². The molecule has 1 fully saturated rings. The first-order valence-corrected chi connectivity index (χ1v) is 9.40. The molecule has 6 nitrogen and oxygen atoms in total. The maximum absolute atomic E-state index is 6.05. The molecular weight excluding hydrogens is 328 g/mol. The third-order valence-corrected chi connectivity index (χ3v) is 5.17. The second-order valence-electron chi connectivity index (χ2n) is 7.03. The molecule has 26 heavy (non-hydrogen) atoms. The summed E-state index contributed by atoms with van der Waals surface area (Å²) in [7, 11) is 2.15. The van der Waals surface area contributed by atoms with Gasteiger partial charge in [-0.3, -0.25) is 0 Å². The van der Waals surface area contributed by atoms with Crippen LogP contribution in [-0.4, -0.2) is 47.7 Å². The summed E-state index contributed by atoms with van der Waals surface area (Å²) in [5.74, 6) is 0.662. The van der Waals surface area contributed by atoms with E-state index in [4.69, 9.17) is 9.47 Å². The molecule has 2 aliphatic rings. The van der Waals surface area contributed by atoms with Crippen molar-refractivity contribution in [1.82, 2.24) is 20.2 Å². The zero-order chi connectivity index (χ0) is 17.8. The number of hydrogen-bond acceptors (Lipinski definition) is 6. The summed E-state index contributed by atoms with van der Waals surface area (Å²) in [5, 5.41) is 3.36. The summed E-state index contributed by atoms with van der Waals surface area (Å²) in [6, 6.07) is 11.0. The molecule has 2 aromatic rings. The zero-order valence-corrected chi connectivity index (χ0v) is 15.3. The lowest BCUT2D eigenvalue weighted by Gasteiger charge is -2.22. The lowest BCUT2D eigenvalue weighted by molar-refractivity contribution is 0.183. The van der Waals surface area contributed by atoms with Crippen molar-refractivity contribution in [3.8, 4) is 11.9 Å². The summed E-state index contributed by atoms with van der Waals surface area (Å²) < 4.78 is 12.0. The Morgan fingerprint density at radius 1 is 1.19 bits per heavy atom. The van der Waals surface area contributed by atoms with Crippen molar-refractivity contribution in [3.63, 3.8) is 0 Å². The normalized spacial score (nSPS) is 20.0. The predicted molar refractivity (Wildman–Crippen MR) is 99.4 cm³/mol. The van der Waals surface area contributed by atoms with Crippen LogP contribution in [0.15, 0.2) is 30.3 Å². The first-order valence-electron chi connectivity index (χ1n) is 9.40. The Morgan fingerprint density at radius 3 is 2.88 bits per heavy atom. The minimum atomic E-state index is 0.427. The van der Waals surface area contributed by atoms with Crippen LogP contribution in [0.4, 0.5) is 0 Å². The average Bonchev–Trinajstić information content (AvgIpc) is 3.10.